The molecule has 102 valence electrons. The van der Waals surface area contributed by atoms with E-state index in [1.54, 1.807) is 36.5 Å². The Morgan fingerprint density at radius 1 is 1.53 bits per heavy atom. The lowest BCUT2D eigenvalue weighted by atomic mass is 10.2. The summed E-state index contributed by atoms with van der Waals surface area (Å²) in [5.41, 5.74) is 0.554. The van der Waals surface area contributed by atoms with Gasteiger partial charge in [-0.15, -0.1) is 0 Å². The Labute approximate surface area is 111 Å². The quantitative estimate of drug-likeness (QED) is 0.815. The lowest BCUT2D eigenvalue weighted by Gasteiger charge is -2.16. The highest BCUT2D eigenvalue weighted by Crippen LogP contribution is 2.11. The fourth-order valence-electron chi connectivity index (χ4n) is 2.06. The van der Waals surface area contributed by atoms with Gasteiger partial charge in [-0.3, -0.25) is 14.6 Å². The van der Waals surface area contributed by atoms with Crippen molar-refractivity contribution in [2.45, 2.75) is 12.5 Å². The molecular formula is C13H17N3O3. The zero-order chi connectivity index (χ0) is 13.7. The van der Waals surface area contributed by atoms with Crippen molar-refractivity contribution in [1.29, 1.82) is 0 Å². The molecule has 1 atom stereocenters. The average molecular weight is 263 g/mol. The van der Waals surface area contributed by atoms with Crippen LogP contribution in [0.25, 0.3) is 0 Å². The zero-order valence-electron chi connectivity index (χ0n) is 10.8. The molecule has 0 spiro atoms. The van der Waals surface area contributed by atoms with E-state index in [0.29, 0.717) is 31.7 Å². The third-order valence-corrected chi connectivity index (χ3v) is 3.06. The number of nitrogens with zero attached hydrogens (tertiary/aromatic N) is 2. The van der Waals surface area contributed by atoms with Crippen LogP contribution >= 0.6 is 0 Å². The summed E-state index contributed by atoms with van der Waals surface area (Å²) in [7, 11) is 1.60. The highest BCUT2D eigenvalue weighted by atomic mass is 16.5. The van der Waals surface area contributed by atoms with Gasteiger partial charge in [0.15, 0.2) is 0 Å². The molecule has 0 bridgehead atoms. The van der Waals surface area contributed by atoms with E-state index in [4.69, 9.17) is 4.74 Å². The largest absolute Gasteiger partial charge is 0.383 e. The predicted octanol–water partition coefficient (Wildman–Crippen LogP) is 0.0587. The van der Waals surface area contributed by atoms with Gasteiger partial charge in [0.25, 0.3) is 5.91 Å². The summed E-state index contributed by atoms with van der Waals surface area (Å²) in [5, 5.41) is 2.86. The molecular weight excluding hydrogens is 246 g/mol. The number of carbonyl (C=O) groups is 2. The first kappa shape index (κ1) is 13.5. The minimum Gasteiger partial charge on any atom is -0.383 e. The molecule has 1 aromatic heterocycles. The van der Waals surface area contributed by atoms with Gasteiger partial charge >= 0.3 is 0 Å². The molecule has 2 amide bonds. The lowest BCUT2D eigenvalue weighted by Crippen LogP contribution is -2.37. The minimum atomic E-state index is -0.172. The highest BCUT2D eigenvalue weighted by Gasteiger charge is 2.30. The van der Waals surface area contributed by atoms with E-state index >= 15 is 0 Å². The van der Waals surface area contributed by atoms with Crippen LogP contribution in [-0.2, 0) is 9.53 Å². The first-order valence-electron chi connectivity index (χ1n) is 6.18. The Morgan fingerprint density at radius 3 is 2.95 bits per heavy atom. The first-order chi connectivity index (χ1) is 9.20. The molecule has 19 heavy (non-hydrogen) atoms. The van der Waals surface area contributed by atoms with Crippen LogP contribution in [0.3, 0.4) is 0 Å². The molecule has 6 nitrogen and oxygen atoms in total. The van der Waals surface area contributed by atoms with Crippen molar-refractivity contribution in [3.63, 3.8) is 0 Å². The van der Waals surface area contributed by atoms with Crippen molar-refractivity contribution in [3.05, 3.63) is 30.1 Å². The van der Waals surface area contributed by atoms with E-state index in [-0.39, 0.29) is 17.9 Å². The molecule has 1 saturated heterocycles. The third kappa shape index (κ3) is 3.51. The van der Waals surface area contributed by atoms with E-state index in [1.807, 2.05) is 0 Å². The van der Waals surface area contributed by atoms with E-state index in [2.05, 4.69) is 10.3 Å². The zero-order valence-corrected chi connectivity index (χ0v) is 10.8. The van der Waals surface area contributed by atoms with Gasteiger partial charge in [0, 0.05) is 44.6 Å². The Balaban J connectivity index is 1.88. The van der Waals surface area contributed by atoms with Gasteiger partial charge in [-0.2, -0.15) is 0 Å². The second-order valence-corrected chi connectivity index (χ2v) is 4.44. The Bertz CT molecular complexity index is 450. The topological polar surface area (TPSA) is 71.5 Å². The maximum Gasteiger partial charge on any atom is 0.251 e. The Morgan fingerprint density at radius 2 is 2.26 bits per heavy atom. The summed E-state index contributed by atoms with van der Waals surface area (Å²) >= 11 is 0. The molecule has 2 rings (SSSR count). The summed E-state index contributed by atoms with van der Waals surface area (Å²) in [4.78, 5) is 29.2. The number of hydrogen-bond donors (Lipinski definition) is 1. The molecule has 0 saturated carbocycles. The van der Waals surface area contributed by atoms with Crippen molar-refractivity contribution < 1.29 is 14.3 Å². The molecule has 0 aliphatic carbocycles. The Hall–Kier alpha value is -1.95. The van der Waals surface area contributed by atoms with Crippen LogP contribution in [0.15, 0.2) is 24.5 Å². The fourth-order valence-corrected chi connectivity index (χ4v) is 2.06. The van der Waals surface area contributed by atoms with Gasteiger partial charge in [-0.25, -0.2) is 0 Å². The predicted molar refractivity (Wildman–Crippen MR) is 68.6 cm³/mol. The summed E-state index contributed by atoms with van der Waals surface area (Å²) in [5.74, 6) is -0.120. The van der Waals surface area contributed by atoms with E-state index in [9.17, 15) is 9.59 Å². The van der Waals surface area contributed by atoms with Crippen molar-refractivity contribution in [3.8, 4) is 0 Å². The molecule has 1 fully saturated rings. The molecule has 1 N–H and O–H groups in total. The second kappa shape index (κ2) is 6.29. The Kier molecular flexibility index (Phi) is 4.46. The van der Waals surface area contributed by atoms with Crippen molar-refractivity contribution in [1.82, 2.24) is 15.2 Å². The first-order valence-corrected chi connectivity index (χ1v) is 6.18. The smallest absolute Gasteiger partial charge is 0.251 e. The van der Waals surface area contributed by atoms with Gasteiger partial charge in [-0.1, -0.05) is 0 Å². The van der Waals surface area contributed by atoms with Gasteiger partial charge in [0.05, 0.1) is 12.6 Å². The third-order valence-electron chi connectivity index (χ3n) is 3.06. The summed E-state index contributed by atoms with van der Waals surface area (Å²) in [6.45, 7) is 1.62. The standard InChI is InChI=1S/C13H17N3O3/c1-19-7-6-16-9-11(8-12(16)17)15-13(18)10-2-4-14-5-3-10/h2-5,11H,6-9H2,1H3,(H,15,18)/t11-/m0/s1. The highest BCUT2D eigenvalue weighted by molar-refractivity contribution is 5.94. The van der Waals surface area contributed by atoms with Gasteiger partial charge in [-0.05, 0) is 12.1 Å². The van der Waals surface area contributed by atoms with Crippen molar-refractivity contribution >= 4 is 11.8 Å². The van der Waals surface area contributed by atoms with Crippen LogP contribution < -0.4 is 5.32 Å². The maximum atomic E-state index is 11.9. The fraction of sp³-hybridized carbons (Fsp3) is 0.462. The molecule has 6 heteroatoms. The van der Waals surface area contributed by atoms with E-state index < -0.39 is 0 Å². The van der Waals surface area contributed by atoms with Gasteiger partial charge in [0.2, 0.25) is 5.91 Å². The molecule has 0 radical (unpaired) electrons. The summed E-state index contributed by atoms with van der Waals surface area (Å²) < 4.78 is 4.95. The number of rotatable bonds is 5. The van der Waals surface area contributed by atoms with E-state index in [0.717, 1.165) is 0 Å². The molecule has 0 aromatic carbocycles. The summed E-state index contributed by atoms with van der Waals surface area (Å²) in [6.07, 6.45) is 3.49. The van der Waals surface area contributed by atoms with Crippen molar-refractivity contribution in [2.24, 2.45) is 0 Å². The van der Waals surface area contributed by atoms with Gasteiger partial charge in [0.1, 0.15) is 0 Å². The summed E-state index contributed by atoms with van der Waals surface area (Å²) in [6, 6.07) is 3.16. The number of nitrogens with one attached hydrogen (secondary N) is 1. The number of hydrogen-bond acceptors (Lipinski definition) is 4. The van der Waals surface area contributed by atoms with Gasteiger partial charge < -0.3 is 15.0 Å². The van der Waals surface area contributed by atoms with Crippen LogP contribution in [0.2, 0.25) is 0 Å². The molecule has 1 aliphatic heterocycles. The normalized spacial score (nSPS) is 18.7. The number of aromatic nitrogens is 1. The number of amides is 2. The molecule has 1 aliphatic rings. The number of methoxy groups -OCH3 is 1. The lowest BCUT2D eigenvalue weighted by molar-refractivity contribution is -0.128. The maximum absolute atomic E-state index is 11.9. The van der Waals surface area contributed by atoms with Crippen LogP contribution in [-0.4, -0.2) is 54.5 Å². The number of carbonyl (C=O) groups excluding carboxylic acids is 2. The van der Waals surface area contributed by atoms with E-state index in [1.165, 1.54) is 0 Å². The number of likely N-dealkylation sites (tertiary alicyclic amines) is 1. The van der Waals surface area contributed by atoms with Crippen LogP contribution in [0.4, 0.5) is 0 Å². The van der Waals surface area contributed by atoms with Crippen LogP contribution in [0, 0.1) is 0 Å². The average Bonchev–Trinajstić information content (AvgIpc) is 2.77. The number of ether oxygens (including phenoxy) is 1. The second-order valence-electron chi connectivity index (χ2n) is 4.44. The molecule has 2 heterocycles. The number of pyridine rings is 1. The SMILES string of the molecule is COCCN1C[C@@H](NC(=O)c2ccncc2)CC1=O. The monoisotopic (exact) mass is 263 g/mol. The molecule has 1 aromatic rings. The van der Waals surface area contributed by atoms with Crippen LogP contribution in [0.1, 0.15) is 16.8 Å². The van der Waals surface area contributed by atoms with Crippen molar-refractivity contribution in [2.75, 3.05) is 26.8 Å². The molecule has 0 unspecified atom stereocenters. The minimum absolute atomic E-state index is 0.0529. The van der Waals surface area contributed by atoms with Crippen LogP contribution in [0.5, 0.6) is 0 Å².